The molecule has 1 amide bonds. The minimum Gasteiger partial charge on any atom is -0.453 e. The van der Waals surface area contributed by atoms with Gasteiger partial charge < -0.3 is 14.2 Å². The summed E-state index contributed by atoms with van der Waals surface area (Å²) in [5, 5.41) is 2.99. The summed E-state index contributed by atoms with van der Waals surface area (Å²) in [6.07, 6.45) is -4.60. The lowest BCUT2D eigenvalue weighted by Crippen LogP contribution is -2.31. The van der Waals surface area contributed by atoms with Crippen molar-refractivity contribution in [2.45, 2.75) is 19.5 Å². The number of hydrogen-bond donors (Lipinski definition) is 0. The monoisotopic (exact) mass is 328 g/mol. The fraction of sp³-hybridized carbons (Fsp3) is 0.333. The second-order valence-electron chi connectivity index (χ2n) is 4.73. The Bertz CT molecular complexity index is 668. The summed E-state index contributed by atoms with van der Waals surface area (Å²) in [6, 6.07) is 8.79. The first-order valence-corrected chi connectivity index (χ1v) is 6.84. The van der Waals surface area contributed by atoms with Gasteiger partial charge in [-0.2, -0.15) is 13.2 Å². The van der Waals surface area contributed by atoms with Crippen LogP contribution in [0.4, 0.5) is 18.9 Å². The normalized spacial score (nSPS) is 11.3. The van der Waals surface area contributed by atoms with Gasteiger partial charge in [-0.25, -0.2) is 0 Å². The number of halogens is 3. The second-order valence-corrected chi connectivity index (χ2v) is 4.73. The van der Waals surface area contributed by atoms with E-state index in [0.717, 1.165) is 0 Å². The Kier molecular flexibility index (Phi) is 4.92. The number of aromatic nitrogens is 1. The zero-order chi connectivity index (χ0) is 17.0. The summed E-state index contributed by atoms with van der Waals surface area (Å²) in [7, 11) is 1.54. The first-order chi connectivity index (χ1) is 10.8. The Balaban J connectivity index is 2.06. The predicted molar refractivity (Wildman–Crippen MR) is 76.2 cm³/mol. The molecule has 1 aromatic heterocycles. The number of ether oxygens (including phenoxy) is 1. The Morgan fingerprint density at radius 2 is 1.96 bits per heavy atom. The Hall–Kier alpha value is -2.51. The van der Waals surface area contributed by atoms with Gasteiger partial charge in [0.1, 0.15) is 0 Å². The molecule has 0 aliphatic carbocycles. The number of amides is 1. The zero-order valence-electron chi connectivity index (χ0n) is 12.6. The van der Waals surface area contributed by atoms with Crippen LogP contribution in [0.2, 0.25) is 0 Å². The Morgan fingerprint density at radius 1 is 1.30 bits per heavy atom. The van der Waals surface area contributed by atoms with Crippen LogP contribution < -0.4 is 9.64 Å². The average molecular weight is 328 g/mol. The molecule has 124 valence electrons. The van der Waals surface area contributed by atoms with Gasteiger partial charge in [0.2, 0.25) is 0 Å². The smallest absolute Gasteiger partial charge is 0.437 e. The van der Waals surface area contributed by atoms with Crippen molar-refractivity contribution in [2.75, 3.05) is 18.6 Å². The Labute approximate surface area is 130 Å². The van der Waals surface area contributed by atoms with Crippen LogP contribution in [0.1, 0.15) is 18.2 Å². The van der Waals surface area contributed by atoms with Crippen LogP contribution >= 0.6 is 0 Å². The van der Waals surface area contributed by atoms with Gasteiger partial charge in [-0.05, 0) is 18.6 Å². The molecule has 0 radical (unpaired) electrons. The minimum absolute atomic E-state index is 0.0242. The topological polar surface area (TPSA) is 55.6 Å². The van der Waals surface area contributed by atoms with E-state index >= 15 is 0 Å². The van der Waals surface area contributed by atoms with E-state index in [1.807, 2.05) is 0 Å². The third kappa shape index (κ3) is 3.82. The van der Waals surface area contributed by atoms with E-state index in [1.54, 1.807) is 37.4 Å². The molecule has 2 rings (SSSR count). The summed E-state index contributed by atoms with van der Waals surface area (Å²) in [5.74, 6) is -0.808. The first kappa shape index (κ1) is 16.9. The fourth-order valence-electron chi connectivity index (χ4n) is 1.96. The van der Waals surface area contributed by atoms with E-state index in [1.165, 1.54) is 11.8 Å². The van der Waals surface area contributed by atoms with Crippen molar-refractivity contribution in [2.24, 2.45) is 0 Å². The Morgan fingerprint density at radius 3 is 2.52 bits per heavy atom. The molecule has 0 N–H and O–H groups in total. The maximum absolute atomic E-state index is 12.7. The third-order valence-electron chi connectivity index (χ3n) is 3.22. The number of benzene rings is 1. The summed E-state index contributed by atoms with van der Waals surface area (Å²) in [5.41, 5.74) is -0.683. The average Bonchev–Trinajstić information content (AvgIpc) is 2.95. The number of alkyl halides is 3. The molecule has 0 saturated carbocycles. The van der Waals surface area contributed by atoms with Crippen molar-refractivity contribution in [1.29, 1.82) is 0 Å². The SMILES string of the molecule is CCc1c(C(F)(F)F)noc1OCC(=O)N(C)c1ccccc1. The molecular formula is C15H15F3N2O3. The van der Waals surface area contributed by atoms with Gasteiger partial charge in [-0.1, -0.05) is 30.3 Å². The lowest BCUT2D eigenvalue weighted by Gasteiger charge is -2.17. The summed E-state index contributed by atoms with van der Waals surface area (Å²) in [6.45, 7) is 1.07. The van der Waals surface area contributed by atoms with Crippen LogP contribution in [0.25, 0.3) is 0 Å². The van der Waals surface area contributed by atoms with Crippen molar-refractivity contribution in [1.82, 2.24) is 5.16 Å². The van der Waals surface area contributed by atoms with Gasteiger partial charge in [0.15, 0.2) is 12.3 Å². The van der Waals surface area contributed by atoms with Crippen LogP contribution in [-0.2, 0) is 17.4 Å². The maximum Gasteiger partial charge on any atom is 0.437 e. The van der Waals surface area contributed by atoms with E-state index in [2.05, 4.69) is 9.68 Å². The summed E-state index contributed by atoms with van der Waals surface area (Å²) < 4.78 is 47.9. The number of rotatable bonds is 5. The van der Waals surface area contributed by atoms with Crippen LogP contribution in [0, 0.1) is 0 Å². The molecule has 0 spiro atoms. The molecule has 1 heterocycles. The molecule has 0 bridgehead atoms. The molecule has 23 heavy (non-hydrogen) atoms. The molecule has 0 atom stereocenters. The number of likely N-dealkylation sites (N-methyl/N-ethyl adjacent to an activating group) is 1. The number of carbonyl (C=O) groups excluding carboxylic acids is 1. The lowest BCUT2D eigenvalue weighted by molar-refractivity contribution is -0.143. The highest BCUT2D eigenvalue weighted by Gasteiger charge is 2.39. The standard InChI is InChI=1S/C15H15F3N2O3/c1-3-11-13(15(16,17)18)19-23-14(11)22-9-12(21)20(2)10-7-5-4-6-8-10/h4-8H,3,9H2,1-2H3. The van der Waals surface area contributed by atoms with Gasteiger partial charge in [-0.15, -0.1) is 0 Å². The number of para-hydroxylation sites is 1. The third-order valence-corrected chi connectivity index (χ3v) is 3.22. The zero-order valence-corrected chi connectivity index (χ0v) is 12.6. The van der Waals surface area contributed by atoms with Crippen molar-refractivity contribution >= 4 is 11.6 Å². The fourth-order valence-corrected chi connectivity index (χ4v) is 1.96. The quantitative estimate of drug-likeness (QED) is 0.845. The van der Waals surface area contributed by atoms with E-state index in [0.29, 0.717) is 5.69 Å². The van der Waals surface area contributed by atoms with E-state index in [4.69, 9.17) is 4.74 Å². The summed E-state index contributed by atoms with van der Waals surface area (Å²) >= 11 is 0. The van der Waals surface area contributed by atoms with Crippen molar-refractivity contribution in [3.05, 3.63) is 41.6 Å². The maximum atomic E-state index is 12.7. The molecule has 0 unspecified atom stereocenters. The predicted octanol–water partition coefficient (Wildman–Crippen LogP) is 3.30. The number of nitrogens with zero attached hydrogens (tertiary/aromatic N) is 2. The van der Waals surface area contributed by atoms with Gasteiger partial charge in [0.05, 0.1) is 5.56 Å². The summed E-state index contributed by atoms with van der Waals surface area (Å²) in [4.78, 5) is 13.4. The van der Waals surface area contributed by atoms with Crippen LogP contribution in [-0.4, -0.2) is 24.7 Å². The first-order valence-electron chi connectivity index (χ1n) is 6.84. The number of anilines is 1. The van der Waals surface area contributed by atoms with Crippen LogP contribution in [0.15, 0.2) is 34.9 Å². The van der Waals surface area contributed by atoms with Crippen molar-refractivity contribution < 1.29 is 27.2 Å². The van der Waals surface area contributed by atoms with Gasteiger partial charge in [0.25, 0.3) is 5.91 Å². The molecule has 1 aromatic carbocycles. The van der Waals surface area contributed by atoms with Crippen molar-refractivity contribution in [3.63, 3.8) is 0 Å². The molecule has 2 aromatic rings. The van der Waals surface area contributed by atoms with Gasteiger partial charge in [0, 0.05) is 12.7 Å². The number of carbonyl (C=O) groups is 1. The van der Waals surface area contributed by atoms with E-state index in [9.17, 15) is 18.0 Å². The minimum atomic E-state index is -4.62. The van der Waals surface area contributed by atoms with Gasteiger partial charge >= 0.3 is 12.1 Å². The largest absolute Gasteiger partial charge is 0.453 e. The molecule has 5 nitrogen and oxygen atoms in total. The molecule has 8 heteroatoms. The van der Waals surface area contributed by atoms with Crippen LogP contribution in [0.5, 0.6) is 5.95 Å². The second kappa shape index (κ2) is 6.72. The van der Waals surface area contributed by atoms with E-state index in [-0.39, 0.29) is 17.9 Å². The van der Waals surface area contributed by atoms with Crippen LogP contribution in [0.3, 0.4) is 0 Å². The molecule has 0 saturated heterocycles. The highest BCUT2D eigenvalue weighted by atomic mass is 19.4. The molecule has 0 aliphatic heterocycles. The highest BCUT2D eigenvalue weighted by Crippen LogP contribution is 2.35. The number of hydrogen-bond acceptors (Lipinski definition) is 4. The molecule has 0 fully saturated rings. The molecule has 0 aliphatic rings. The van der Waals surface area contributed by atoms with Gasteiger partial charge in [-0.3, -0.25) is 4.79 Å². The molecular weight excluding hydrogens is 313 g/mol. The van der Waals surface area contributed by atoms with Crippen molar-refractivity contribution in [3.8, 4) is 5.95 Å². The highest BCUT2D eigenvalue weighted by molar-refractivity contribution is 5.93. The van der Waals surface area contributed by atoms with E-state index < -0.39 is 24.4 Å². The lowest BCUT2D eigenvalue weighted by atomic mass is 10.2.